The normalized spacial score (nSPS) is 12.4. The summed E-state index contributed by atoms with van der Waals surface area (Å²) in [5.41, 5.74) is 4.39. The maximum absolute atomic E-state index is 5.92. The van der Waals surface area contributed by atoms with E-state index in [1.54, 1.807) is 0 Å². The molecule has 0 heterocycles. The molecule has 0 atom stereocenters. The van der Waals surface area contributed by atoms with Crippen molar-refractivity contribution in [1.82, 2.24) is 0 Å². The highest BCUT2D eigenvalue weighted by Gasteiger charge is 2.49. The van der Waals surface area contributed by atoms with Crippen molar-refractivity contribution in [2.75, 3.05) is 26.4 Å². The first kappa shape index (κ1) is 18.8. The van der Waals surface area contributed by atoms with Gasteiger partial charge in [-0.15, -0.1) is 13.2 Å². The minimum Gasteiger partial charge on any atom is -0.409 e. The molecule has 4 nitrogen and oxygen atoms in total. The van der Waals surface area contributed by atoms with Gasteiger partial charge >= 0.3 is 8.80 Å². The Balaban J connectivity index is 5.21. The zero-order chi connectivity index (χ0) is 14.8. The summed E-state index contributed by atoms with van der Waals surface area (Å²) >= 11 is 0. The third-order valence-electron chi connectivity index (χ3n) is 2.69. The van der Waals surface area contributed by atoms with Crippen LogP contribution in [0.1, 0.15) is 27.7 Å². The largest absolute Gasteiger partial charge is 0.501 e. The number of hydrogen-bond acceptors (Lipinski definition) is 4. The van der Waals surface area contributed by atoms with Crippen LogP contribution >= 0.6 is 0 Å². The van der Waals surface area contributed by atoms with Crippen LogP contribution in [-0.2, 0) is 17.7 Å². The quantitative estimate of drug-likeness (QED) is 0.519. The molecule has 0 saturated heterocycles. The molecule has 0 aromatic rings. The predicted octanol–water partition coefficient (Wildman–Crippen LogP) is 3.01. The Morgan fingerprint density at radius 1 is 0.737 bits per heavy atom. The monoisotopic (exact) mass is 304 g/mol. The molecule has 0 bridgehead atoms. The lowest BCUT2D eigenvalue weighted by atomic mass is 10.9. The summed E-state index contributed by atoms with van der Waals surface area (Å²) in [5, 5.41) is 0. The van der Waals surface area contributed by atoms with E-state index in [0.29, 0.717) is 32.1 Å². The highest BCUT2D eigenvalue weighted by molar-refractivity contribution is 6.93. The van der Waals surface area contributed by atoms with Crippen molar-refractivity contribution < 1.29 is 17.7 Å². The highest BCUT2D eigenvalue weighted by atomic mass is 28.4. The van der Waals surface area contributed by atoms with Crippen LogP contribution in [0.25, 0.3) is 0 Å². The van der Waals surface area contributed by atoms with Crippen LogP contribution in [0.2, 0.25) is 5.67 Å². The molecule has 0 aliphatic heterocycles. The van der Waals surface area contributed by atoms with Crippen LogP contribution in [0.3, 0.4) is 0 Å². The maximum atomic E-state index is 5.92. The first-order valence-corrected chi connectivity index (χ1v) is 11.1. The molecule has 0 aromatic carbocycles. The molecular formula is C13H28O4Si2. The topological polar surface area (TPSA) is 36.9 Å². The fourth-order valence-electron chi connectivity index (χ4n) is 1.94. The van der Waals surface area contributed by atoms with Gasteiger partial charge in [-0.3, -0.25) is 0 Å². The molecule has 0 rings (SSSR count). The molecule has 19 heavy (non-hydrogen) atoms. The summed E-state index contributed by atoms with van der Waals surface area (Å²) in [7, 11) is -4.99. The second-order valence-corrected chi connectivity index (χ2v) is 10.6. The summed E-state index contributed by atoms with van der Waals surface area (Å²) in [6, 6.07) is 0. The van der Waals surface area contributed by atoms with E-state index < -0.39 is 17.1 Å². The molecule has 0 aliphatic carbocycles. The Hall–Kier alpha value is -0.246. The summed E-state index contributed by atoms with van der Waals surface area (Å²) in [4.78, 5) is 0. The second-order valence-electron chi connectivity index (χ2n) is 3.96. The van der Waals surface area contributed by atoms with E-state index >= 15 is 0 Å². The molecule has 6 heteroatoms. The molecule has 0 radical (unpaired) electrons. The van der Waals surface area contributed by atoms with Gasteiger partial charge in [0.05, 0.1) is 0 Å². The van der Waals surface area contributed by atoms with Crippen LogP contribution in [0.5, 0.6) is 0 Å². The SMILES string of the molecule is C=C[Si](C=C)(C[Si](OCC)(OCC)OCC)OCC. The number of rotatable bonds is 12. The van der Waals surface area contributed by atoms with Gasteiger partial charge in [0.1, 0.15) is 0 Å². The zero-order valence-corrected chi connectivity index (χ0v) is 14.7. The van der Waals surface area contributed by atoms with Gasteiger partial charge in [0.25, 0.3) is 0 Å². The molecule has 0 aromatic heterocycles. The summed E-state index contributed by atoms with van der Waals surface area (Å²) < 4.78 is 23.5. The van der Waals surface area contributed by atoms with Crippen molar-refractivity contribution in [1.29, 1.82) is 0 Å². The zero-order valence-electron chi connectivity index (χ0n) is 12.7. The van der Waals surface area contributed by atoms with E-state index in [1.165, 1.54) is 0 Å². The van der Waals surface area contributed by atoms with Crippen molar-refractivity contribution in [2.24, 2.45) is 0 Å². The number of hydrogen-bond donors (Lipinski definition) is 0. The fraction of sp³-hybridized carbons (Fsp3) is 0.692. The van der Waals surface area contributed by atoms with Gasteiger partial charge in [-0.1, -0.05) is 11.4 Å². The lowest BCUT2D eigenvalue weighted by molar-refractivity contribution is 0.0744. The maximum Gasteiger partial charge on any atom is 0.501 e. The van der Waals surface area contributed by atoms with Crippen molar-refractivity contribution in [3.8, 4) is 0 Å². The van der Waals surface area contributed by atoms with Crippen molar-refractivity contribution in [3.63, 3.8) is 0 Å². The van der Waals surface area contributed by atoms with Crippen molar-refractivity contribution >= 4 is 17.1 Å². The van der Waals surface area contributed by atoms with E-state index in [1.807, 2.05) is 39.1 Å². The van der Waals surface area contributed by atoms with Gasteiger partial charge in [-0.05, 0) is 27.7 Å². The van der Waals surface area contributed by atoms with Gasteiger partial charge in [0, 0.05) is 32.1 Å². The van der Waals surface area contributed by atoms with Crippen LogP contribution in [0.4, 0.5) is 0 Å². The Labute approximate surface area is 119 Å². The second kappa shape index (κ2) is 9.63. The molecule has 112 valence electrons. The van der Waals surface area contributed by atoms with Gasteiger partial charge in [0.15, 0.2) is 0 Å². The standard InChI is InChI=1S/C13H28O4Si2/c1-7-14-18(11-5,12-6)13-19(15-8-2,16-9-3)17-10-4/h11-12H,5-10,13H2,1-4H3. The Morgan fingerprint density at radius 3 is 1.37 bits per heavy atom. The average molecular weight is 305 g/mol. The highest BCUT2D eigenvalue weighted by Crippen LogP contribution is 2.26. The molecule has 0 unspecified atom stereocenters. The average Bonchev–Trinajstić information content (AvgIpc) is 2.39. The molecule has 0 saturated carbocycles. The van der Waals surface area contributed by atoms with Crippen LogP contribution in [-0.4, -0.2) is 43.5 Å². The minimum atomic E-state index is -2.72. The smallest absolute Gasteiger partial charge is 0.409 e. The van der Waals surface area contributed by atoms with E-state index in [4.69, 9.17) is 17.7 Å². The summed E-state index contributed by atoms with van der Waals surface area (Å²) in [6.07, 6.45) is 0. The van der Waals surface area contributed by atoms with E-state index in [2.05, 4.69) is 13.2 Å². The Morgan fingerprint density at radius 2 is 1.11 bits per heavy atom. The minimum absolute atomic E-state index is 0.567. The lowest BCUT2D eigenvalue weighted by Crippen LogP contribution is -2.54. The first-order valence-electron chi connectivity index (χ1n) is 6.90. The van der Waals surface area contributed by atoms with Gasteiger partial charge in [0.2, 0.25) is 8.32 Å². The lowest BCUT2D eigenvalue weighted by Gasteiger charge is -2.34. The molecule has 0 aliphatic rings. The Bertz CT molecular complexity index is 246. The Kier molecular flexibility index (Phi) is 9.50. The molecule has 0 fully saturated rings. The third-order valence-corrected chi connectivity index (χ3v) is 11.0. The van der Waals surface area contributed by atoms with E-state index in [0.717, 1.165) is 0 Å². The van der Waals surface area contributed by atoms with E-state index in [9.17, 15) is 0 Å². The predicted molar refractivity (Wildman–Crippen MR) is 83.2 cm³/mol. The van der Waals surface area contributed by atoms with Crippen molar-refractivity contribution in [3.05, 3.63) is 24.6 Å². The molecule has 0 N–H and O–H groups in total. The summed E-state index contributed by atoms with van der Waals surface area (Å²) in [5.74, 6) is 0. The van der Waals surface area contributed by atoms with E-state index in [-0.39, 0.29) is 0 Å². The fourth-order valence-corrected chi connectivity index (χ4v) is 9.95. The van der Waals surface area contributed by atoms with Crippen LogP contribution in [0, 0.1) is 0 Å². The van der Waals surface area contributed by atoms with Gasteiger partial charge in [-0.25, -0.2) is 0 Å². The van der Waals surface area contributed by atoms with Gasteiger partial charge < -0.3 is 17.7 Å². The first-order chi connectivity index (χ1) is 9.07. The third kappa shape index (κ3) is 5.72. The molecule has 0 spiro atoms. The summed E-state index contributed by atoms with van der Waals surface area (Å²) in [6.45, 7) is 18.0. The van der Waals surface area contributed by atoms with Crippen molar-refractivity contribution in [2.45, 2.75) is 33.4 Å². The van der Waals surface area contributed by atoms with Crippen LogP contribution < -0.4 is 0 Å². The van der Waals surface area contributed by atoms with Gasteiger partial charge in [-0.2, -0.15) is 0 Å². The van der Waals surface area contributed by atoms with Crippen LogP contribution in [0.15, 0.2) is 24.6 Å². The molecule has 0 amide bonds. The molecular weight excluding hydrogens is 276 g/mol.